The number of benzene rings is 3. The Balaban J connectivity index is 1.70. The number of carbonyl (C=O) groups excluding carboxylic acids is 2. The molecule has 2 amide bonds. The van der Waals surface area contributed by atoms with Crippen molar-refractivity contribution in [2.45, 2.75) is 18.6 Å². The molecule has 180 valence electrons. The lowest BCUT2D eigenvalue weighted by Crippen LogP contribution is -2.53. The molecule has 0 spiro atoms. The predicted octanol–water partition coefficient (Wildman–Crippen LogP) is 2.10. The zero-order chi connectivity index (χ0) is 25.0. The maximum Gasteiger partial charge on any atom is 0.272 e. The van der Waals surface area contributed by atoms with Gasteiger partial charge in [-0.25, -0.2) is 18.1 Å². The lowest BCUT2D eigenvalue weighted by atomic mass is 10.0. The van der Waals surface area contributed by atoms with E-state index in [9.17, 15) is 18.0 Å². The summed E-state index contributed by atoms with van der Waals surface area (Å²) in [7, 11) is -2.08. The van der Waals surface area contributed by atoms with Gasteiger partial charge in [0.25, 0.3) is 5.91 Å². The van der Waals surface area contributed by atoms with E-state index in [0.717, 1.165) is 22.9 Å². The Morgan fingerprint density at radius 3 is 2.23 bits per heavy atom. The summed E-state index contributed by atoms with van der Waals surface area (Å²) in [6, 6.07) is 24.7. The number of aliphatic imine (C=N–C) groups is 1. The minimum atomic E-state index is -3.70. The van der Waals surface area contributed by atoms with Crippen LogP contribution in [0.3, 0.4) is 0 Å². The number of sulfonamides is 1. The number of para-hydroxylation sites is 1. The summed E-state index contributed by atoms with van der Waals surface area (Å²) < 4.78 is 26.4. The van der Waals surface area contributed by atoms with Crippen molar-refractivity contribution in [3.8, 4) is 0 Å². The normalized spacial score (nSPS) is 16.6. The Hall–Kier alpha value is -3.82. The van der Waals surface area contributed by atoms with Gasteiger partial charge in [0.1, 0.15) is 6.04 Å². The molecule has 2 N–H and O–H groups in total. The van der Waals surface area contributed by atoms with E-state index in [1.807, 2.05) is 72.8 Å². The van der Waals surface area contributed by atoms with Crippen molar-refractivity contribution in [1.29, 1.82) is 0 Å². The molecule has 0 aliphatic carbocycles. The lowest BCUT2D eigenvalue weighted by molar-refractivity contribution is -0.128. The number of carbonyl (C=O) groups is 2. The average Bonchev–Trinajstić information content (AvgIpc) is 2.95. The molecule has 0 saturated heterocycles. The van der Waals surface area contributed by atoms with Crippen molar-refractivity contribution in [3.63, 3.8) is 0 Å². The van der Waals surface area contributed by atoms with Crippen LogP contribution in [-0.4, -0.2) is 51.5 Å². The van der Waals surface area contributed by atoms with Gasteiger partial charge < -0.3 is 10.2 Å². The molecule has 4 rings (SSSR count). The van der Waals surface area contributed by atoms with E-state index < -0.39 is 34.0 Å². The number of likely N-dealkylation sites (N-methyl/N-ethyl adjacent to an activating group) is 1. The van der Waals surface area contributed by atoms with Gasteiger partial charge in [0.15, 0.2) is 0 Å². The van der Waals surface area contributed by atoms with Crippen molar-refractivity contribution in [3.05, 3.63) is 102 Å². The first-order chi connectivity index (χ1) is 16.7. The summed E-state index contributed by atoms with van der Waals surface area (Å²) in [5, 5.41) is 2.67. The summed E-state index contributed by atoms with van der Waals surface area (Å²) in [6.45, 7) is 0. The molecule has 2 unspecified atom stereocenters. The summed E-state index contributed by atoms with van der Waals surface area (Å²) in [5.41, 5.74) is 3.53. The fraction of sp³-hybridized carbons (Fsp3) is 0.192. The van der Waals surface area contributed by atoms with Crippen LogP contribution in [-0.2, 0) is 26.0 Å². The second kappa shape index (κ2) is 10.2. The number of hydrogen-bond acceptors (Lipinski definition) is 5. The first-order valence-corrected chi connectivity index (χ1v) is 12.9. The van der Waals surface area contributed by atoms with Crippen LogP contribution in [0.2, 0.25) is 0 Å². The minimum Gasteiger partial charge on any atom is -0.325 e. The third-order valence-corrected chi connectivity index (χ3v) is 6.34. The molecule has 0 aromatic heterocycles. The number of fused-ring (bicyclic) bond motifs is 1. The van der Waals surface area contributed by atoms with E-state index in [1.54, 1.807) is 19.2 Å². The number of amides is 2. The van der Waals surface area contributed by atoms with E-state index in [-0.39, 0.29) is 6.42 Å². The van der Waals surface area contributed by atoms with E-state index in [2.05, 4.69) is 15.0 Å². The van der Waals surface area contributed by atoms with Gasteiger partial charge >= 0.3 is 0 Å². The molecule has 35 heavy (non-hydrogen) atoms. The van der Waals surface area contributed by atoms with Gasteiger partial charge in [0.05, 0.1) is 17.7 Å². The standard InChI is InChI=1S/C26H26N4O4S/c1-30-22-16-10-9-15-20(22)23(19-13-7-4-8-14-19)27-24(26(30)32)28-25(31)21(29-35(2,33)34)17-18-11-5-3-6-12-18/h3-16,21,24,29H,17H2,1-2H3,(H,28,31). The Kier molecular flexibility index (Phi) is 7.09. The van der Waals surface area contributed by atoms with E-state index in [0.29, 0.717) is 11.4 Å². The van der Waals surface area contributed by atoms with Crippen LogP contribution in [0.15, 0.2) is 89.9 Å². The molecule has 0 bridgehead atoms. The molecule has 9 heteroatoms. The molecule has 3 aromatic rings. The highest BCUT2D eigenvalue weighted by Crippen LogP contribution is 2.27. The summed E-state index contributed by atoms with van der Waals surface area (Å²) >= 11 is 0. The van der Waals surface area contributed by atoms with Crippen LogP contribution in [0.5, 0.6) is 0 Å². The van der Waals surface area contributed by atoms with Crippen molar-refractivity contribution in [2.24, 2.45) is 4.99 Å². The van der Waals surface area contributed by atoms with Crippen LogP contribution < -0.4 is 14.9 Å². The summed E-state index contributed by atoms with van der Waals surface area (Å²) in [6.07, 6.45) is -0.133. The Bertz CT molecular complexity index is 1360. The molecule has 1 aliphatic heterocycles. The highest BCUT2D eigenvalue weighted by atomic mass is 32.2. The van der Waals surface area contributed by atoms with Gasteiger partial charge in [0, 0.05) is 18.2 Å². The molecule has 1 heterocycles. The number of benzodiazepines with no additional fused rings is 1. The van der Waals surface area contributed by atoms with E-state index >= 15 is 0 Å². The smallest absolute Gasteiger partial charge is 0.272 e. The van der Waals surface area contributed by atoms with Crippen molar-refractivity contribution >= 4 is 33.2 Å². The third kappa shape index (κ3) is 5.82. The molecule has 2 atom stereocenters. The second-order valence-electron chi connectivity index (χ2n) is 8.30. The fourth-order valence-corrected chi connectivity index (χ4v) is 4.68. The highest BCUT2D eigenvalue weighted by molar-refractivity contribution is 7.88. The zero-order valence-electron chi connectivity index (χ0n) is 19.4. The van der Waals surface area contributed by atoms with Gasteiger partial charge in [0.2, 0.25) is 22.1 Å². The van der Waals surface area contributed by atoms with Gasteiger partial charge in [-0.2, -0.15) is 0 Å². The Labute approximate surface area is 204 Å². The van der Waals surface area contributed by atoms with Crippen molar-refractivity contribution in [2.75, 3.05) is 18.2 Å². The molecule has 3 aromatic carbocycles. The Morgan fingerprint density at radius 2 is 1.57 bits per heavy atom. The maximum absolute atomic E-state index is 13.4. The molecular weight excluding hydrogens is 464 g/mol. The van der Waals surface area contributed by atoms with Gasteiger partial charge in [-0.05, 0) is 18.1 Å². The largest absolute Gasteiger partial charge is 0.325 e. The van der Waals surface area contributed by atoms with E-state index in [4.69, 9.17) is 0 Å². The van der Waals surface area contributed by atoms with Crippen molar-refractivity contribution in [1.82, 2.24) is 10.0 Å². The monoisotopic (exact) mass is 490 g/mol. The molecule has 0 saturated carbocycles. The van der Waals surface area contributed by atoms with Crippen LogP contribution >= 0.6 is 0 Å². The molecule has 1 aliphatic rings. The Morgan fingerprint density at radius 1 is 0.971 bits per heavy atom. The average molecular weight is 491 g/mol. The van der Waals surface area contributed by atoms with Gasteiger partial charge in [-0.1, -0.05) is 78.9 Å². The van der Waals surface area contributed by atoms with Crippen LogP contribution in [0.25, 0.3) is 0 Å². The van der Waals surface area contributed by atoms with Crippen LogP contribution in [0.1, 0.15) is 16.7 Å². The highest BCUT2D eigenvalue weighted by Gasteiger charge is 2.33. The van der Waals surface area contributed by atoms with E-state index in [1.165, 1.54) is 4.90 Å². The number of nitrogens with zero attached hydrogens (tertiary/aromatic N) is 2. The quantitative estimate of drug-likeness (QED) is 0.529. The number of rotatable bonds is 7. The first kappa shape index (κ1) is 24.3. The van der Waals surface area contributed by atoms with Gasteiger partial charge in [-0.3, -0.25) is 9.59 Å². The van der Waals surface area contributed by atoms with Gasteiger partial charge in [-0.15, -0.1) is 0 Å². The topological polar surface area (TPSA) is 108 Å². The molecular formula is C26H26N4O4S. The van der Waals surface area contributed by atoms with Crippen LogP contribution in [0.4, 0.5) is 5.69 Å². The lowest BCUT2D eigenvalue weighted by Gasteiger charge is -2.23. The van der Waals surface area contributed by atoms with Crippen molar-refractivity contribution < 1.29 is 18.0 Å². The SMILES string of the molecule is CN1C(=O)C(NC(=O)C(Cc2ccccc2)NS(C)(=O)=O)N=C(c2ccccc2)c2ccccc21. The summed E-state index contributed by atoms with van der Waals surface area (Å²) in [5.74, 6) is -1.08. The zero-order valence-corrected chi connectivity index (χ0v) is 20.2. The van der Waals surface area contributed by atoms with Crippen LogP contribution in [0, 0.1) is 0 Å². The number of nitrogens with one attached hydrogen (secondary N) is 2. The minimum absolute atomic E-state index is 0.117. The number of hydrogen-bond donors (Lipinski definition) is 2. The second-order valence-corrected chi connectivity index (χ2v) is 10.1. The fourth-order valence-electron chi connectivity index (χ4n) is 3.97. The number of anilines is 1. The molecule has 0 radical (unpaired) electrons. The molecule has 0 fully saturated rings. The third-order valence-electron chi connectivity index (χ3n) is 5.62. The molecule has 8 nitrogen and oxygen atoms in total. The predicted molar refractivity (Wildman–Crippen MR) is 136 cm³/mol. The maximum atomic E-state index is 13.4. The summed E-state index contributed by atoms with van der Waals surface area (Å²) in [4.78, 5) is 32.8. The first-order valence-electron chi connectivity index (χ1n) is 11.0.